The molecule has 6 heterocycles. The van der Waals surface area contributed by atoms with Gasteiger partial charge in [-0.15, -0.1) is 0 Å². The zero-order valence-corrected chi connectivity index (χ0v) is 79.7. The van der Waals surface area contributed by atoms with E-state index in [1.54, 1.807) is 16.7 Å². The fourth-order valence-corrected chi connectivity index (χ4v) is 17.8. The van der Waals surface area contributed by atoms with Crippen LogP contribution in [0.5, 0.6) is 0 Å². The van der Waals surface area contributed by atoms with E-state index in [-0.39, 0.29) is 122 Å². The standard InChI is InChI=1S/C16H29NO2S.C15H19NO3S.C14H19NO2.C13H20F3NOS.C13H17NO3.C11H21NO2.C2H4OS.B8.K/c1-16(2,3)19-15(18)17-11-9-14(10-12-17)20-13-7-5-4-6-8-13;1-12(17)20-14-7-9-16(10-8-14)15(18)19-11-13-5-3-2-4-6-13;1-12-7-9-15(10-8-12)14(16)17-11-13-5-3-2-4-6-13;14-13(15,16)12(18)17-8-6-11(7-9-17)19-10-4-2-1-3-5-10;15-12-6-8-14(9-7-12)13(16)17-10-11-4-2-1-3-5-11;1-9-5-7-12(8-6-9)10(13)14-11(2,3)4;1-2(3)4;1-6(2)8(5)7(3)4;/h13-14H,4-12H2,1-3H3;2-6,14H,7-11H2,1H3;2-6,12H,7-11H2,1H3;10-11H,1-9H2;1-5,12,15H,6-10H2;9H,5-8H2,1-4H3;1H3,(H,3,4);;/q;;;;;;;;+1/p-1. The van der Waals surface area contributed by atoms with Crippen LogP contribution in [-0.4, -0.2) is 267 Å². The van der Waals surface area contributed by atoms with Crippen LogP contribution in [0.3, 0.4) is 0 Å². The number of benzene rings is 3. The summed E-state index contributed by atoms with van der Waals surface area (Å²) in [6.45, 7) is 27.9. The van der Waals surface area contributed by atoms with Crippen LogP contribution < -0.4 is 51.4 Å². The van der Waals surface area contributed by atoms with Crippen LogP contribution in [0.4, 0.5) is 37.1 Å². The molecule has 3 aromatic rings. The minimum Gasteiger partial charge on any atom is -0.742 e. The normalized spacial score (nSPS) is 18.0. The minimum absolute atomic E-state index is 0. The number of amides is 6. The number of carbonyl (C=O) groups excluding carboxylic acids is 8. The van der Waals surface area contributed by atoms with Crippen LogP contribution >= 0.6 is 35.3 Å². The van der Waals surface area contributed by atoms with Crippen molar-refractivity contribution in [3.8, 4) is 0 Å². The fourth-order valence-electron chi connectivity index (χ4n) is 13.7. The Morgan fingerprint density at radius 1 is 0.408 bits per heavy atom. The molecule has 36 heteroatoms. The SMILES string of the molecule is CC(=O)SC1CCN(C(=O)OCc2ccccc2)CC1.CC(=O)[S-].CC(C)(C)OC(=O)N1CCC(SC2CCCCC2)CC1.CC1CCN(C(=O)OC(C)(C)C)CC1.CC1CCN(C(=O)OCc2ccccc2)CC1.O=C(N1CCC(SC2CCCCC2)CC1)C(F)(F)F.O=C(OCc1ccccc1)N1CCC(O)CC1.[B]B([B])B([B])B([B])[B].[K+]. The van der Waals surface area contributed by atoms with E-state index in [1.807, 2.05) is 159 Å². The first-order valence-corrected chi connectivity index (χ1v) is 45.7. The zero-order valence-electron chi connectivity index (χ0n) is 73.3. The van der Waals surface area contributed by atoms with Crippen molar-refractivity contribution in [3.05, 3.63) is 108 Å². The molecular formula is C84H128B8F3KN6O14S4. The Morgan fingerprint density at radius 3 is 0.917 bits per heavy atom. The molecule has 20 nitrogen and oxygen atoms in total. The number of halogens is 3. The van der Waals surface area contributed by atoms with Crippen LogP contribution in [0, 0.1) is 11.8 Å². The third-order valence-corrected chi connectivity index (χ3v) is 25.2. The van der Waals surface area contributed by atoms with E-state index < -0.39 is 31.2 Å². The summed E-state index contributed by atoms with van der Waals surface area (Å²) in [7, 11) is 25.8. The van der Waals surface area contributed by atoms with Gasteiger partial charge in [-0.3, -0.25) is 9.59 Å². The molecule has 648 valence electrons. The third-order valence-electron chi connectivity index (χ3n) is 20.7. The number of rotatable bonds is 13. The van der Waals surface area contributed by atoms with Crippen molar-refractivity contribution in [3.63, 3.8) is 0 Å². The zero-order chi connectivity index (χ0) is 88.1. The van der Waals surface area contributed by atoms with Crippen LogP contribution in [0.2, 0.25) is 0 Å². The molecule has 8 fully saturated rings. The molecule has 120 heavy (non-hydrogen) atoms. The number of ether oxygens (including phenoxy) is 5. The molecule has 2 saturated carbocycles. The summed E-state index contributed by atoms with van der Waals surface area (Å²) < 4.78 is 63.5. The molecule has 6 aliphatic heterocycles. The number of thioether (sulfide) groups is 3. The first-order valence-electron chi connectivity index (χ1n) is 42.5. The molecular weight excluding hydrogens is 1630 g/mol. The first kappa shape index (κ1) is 110. The number of piperidine rings is 6. The second-order valence-corrected chi connectivity index (χ2v) is 38.9. The Balaban J connectivity index is 0.000000362. The Bertz CT molecular complexity index is 3280. The molecule has 0 unspecified atom stereocenters. The Kier molecular flexibility index (Phi) is 55.0. The van der Waals surface area contributed by atoms with Gasteiger partial charge in [-0.1, -0.05) is 155 Å². The van der Waals surface area contributed by atoms with Gasteiger partial charge in [0, 0.05) is 175 Å². The van der Waals surface area contributed by atoms with E-state index in [2.05, 4.69) is 38.2 Å². The monoisotopic (exact) mass is 1760 g/mol. The minimum atomic E-state index is -4.72. The third kappa shape index (κ3) is 49.8. The van der Waals surface area contributed by atoms with Gasteiger partial charge in [0.15, 0.2) is 5.12 Å². The second kappa shape index (κ2) is 59.9. The number of aliphatic hydroxyl groups excluding tert-OH is 1. The van der Waals surface area contributed by atoms with Gasteiger partial charge in [0.1, 0.15) is 31.0 Å². The van der Waals surface area contributed by atoms with Crippen LogP contribution in [0.1, 0.15) is 227 Å². The van der Waals surface area contributed by atoms with Crippen molar-refractivity contribution in [2.75, 3.05) is 78.5 Å². The summed E-state index contributed by atoms with van der Waals surface area (Å²) in [5.41, 5.74) is 2.25. The van der Waals surface area contributed by atoms with Gasteiger partial charge in [0.05, 0.1) is 6.10 Å². The first-order chi connectivity index (χ1) is 56.2. The van der Waals surface area contributed by atoms with Gasteiger partial charge >= 0.3 is 93.9 Å². The van der Waals surface area contributed by atoms with Crippen LogP contribution in [-0.2, 0) is 70.5 Å². The molecule has 6 amide bonds. The molecule has 10 radical (unpaired) electrons. The number of aliphatic hydroxyl groups is 1. The van der Waals surface area contributed by atoms with Gasteiger partial charge in [0.25, 0.3) is 0 Å². The number of hydrogen-bond acceptors (Lipinski definition) is 18. The Morgan fingerprint density at radius 2 is 0.658 bits per heavy atom. The maximum atomic E-state index is 12.3. The van der Waals surface area contributed by atoms with E-state index in [0.717, 1.165) is 135 Å². The van der Waals surface area contributed by atoms with E-state index >= 15 is 0 Å². The molecule has 0 atom stereocenters. The smallest absolute Gasteiger partial charge is 0.742 e. The molecule has 0 aromatic heterocycles. The number of hydrogen-bond donors (Lipinski definition) is 1. The van der Waals surface area contributed by atoms with E-state index in [1.165, 1.54) is 82.9 Å². The van der Waals surface area contributed by atoms with Crippen molar-refractivity contribution in [2.24, 2.45) is 11.8 Å². The van der Waals surface area contributed by atoms with Crippen molar-refractivity contribution in [1.29, 1.82) is 0 Å². The van der Waals surface area contributed by atoms with Crippen molar-refractivity contribution >= 4 is 152 Å². The maximum Gasteiger partial charge on any atom is 1.00 e. The van der Waals surface area contributed by atoms with Gasteiger partial charge in [-0.25, -0.2) is 24.0 Å². The largest absolute Gasteiger partial charge is 1.00 e. The number of likely N-dealkylation sites (tertiary alicyclic amines) is 6. The van der Waals surface area contributed by atoms with Crippen molar-refractivity contribution < 1.29 is 132 Å². The van der Waals surface area contributed by atoms with Crippen LogP contribution in [0.25, 0.3) is 0 Å². The van der Waals surface area contributed by atoms with Gasteiger partial charge < -0.3 is 75.6 Å². The summed E-state index contributed by atoms with van der Waals surface area (Å²) >= 11 is 9.50. The topological polar surface area (TPSA) is 222 Å². The molecule has 6 saturated heterocycles. The summed E-state index contributed by atoms with van der Waals surface area (Å²) in [4.78, 5) is 100. The fraction of sp³-hybridized carbons (Fsp3) is 0.690. The Hall–Kier alpha value is -4.00. The molecule has 1 N–H and O–H groups in total. The average Bonchev–Trinajstić information content (AvgIpc) is 0.850. The predicted molar refractivity (Wildman–Crippen MR) is 485 cm³/mol. The number of alkyl halides is 3. The predicted octanol–water partition coefficient (Wildman–Crippen LogP) is 12.7. The van der Waals surface area contributed by atoms with E-state index in [4.69, 9.17) is 62.4 Å². The number of carbonyl (C=O) groups is 8. The molecule has 8 aliphatic rings. The van der Waals surface area contributed by atoms with Gasteiger partial charge in [-0.05, 0) is 180 Å². The summed E-state index contributed by atoms with van der Waals surface area (Å²) in [5, 5.41) is 12.3. The van der Waals surface area contributed by atoms with Crippen LogP contribution in [0.15, 0.2) is 91.0 Å². The summed E-state index contributed by atoms with van der Waals surface area (Å²) in [5.74, 6) is -0.199. The maximum absolute atomic E-state index is 12.3. The second-order valence-electron chi connectivity index (χ2n) is 33.6. The molecule has 2 aliphatic carbocycles. The van der Waals surface area contributed by atoms with Crippen molar-refractivity contribution in [1.82, 2.24) is 29.4 Å². The molecule has 11 rings (SSSR count). The Labute approximate surface area is 784 Å². The van der Waals surface area contributed by atoms with E-state index in [9.17, 15) is 56.6 Å². The molecule has 0 spiro atoms. The van der Waals surface area contributed by atoms with Gasteiger partial charge in [-0.2, -0.15) is 36.7 Å². The number of nitrogens with zero attached hydrogens (tertiary/aromatic N) is 6. The summed E-state index contributed by atoms with van der Waals surface area (Å²) in [6.07, 6.45) is 16.6. The quantitative estimate of drug-likeness (QED) is 0.0954. The van der Waals surface area contributed by atoms with Crippen molar-refractivity contribution in [2.45, 2.75) is 280 Å². The van der Waals surface area contributed by atoms with E-state index in [0.29, 0.717) is 87.4 Å². The average molecular weight is 1760 g/mol. The van der Waals surface area contributed by atoms with Gasteiger partial charge in [0.2, 0.25) is 0 Å². The summed E-state index contributed by atoms with van der Waals surface area (Å²) in [6, 6.07) is 29.0. The molecule has 3 aromatic carbocycles. The molecule has 0 bridgehead atoms.